The molecule has 0 aliphatic heterocycles. The molecule has 4 aromatic carbocycles. The number of carbonyl (C=O) groups is 1. The van der Waals surface area contributed by atoms with Gasteiger partial charge in [-0.15, -0.1) is 0 Å². The average molecular weight is 586 g/mol. The van der Waals surface area contributed by atoms with Gasteiger partial charge < -0.3 is 14.9 Å². The summed E-state index contributed by atoms with van der Waals surface area (Å²) in [7, 11) is 0. The molecule has 0 spiro atoms. The topological polar surface area (TPSA) is 74.7 Å². The van der Waals surface area contributed by atoms with Gasteiger partial charge in [0, 0.05) is 43.8 Å². The lowest BCUT2D eigenvalue weighted by molar-refractivity contribution is -0.129. The molecule has 0 radical (unpaired) electrons. The van der Waals surface area contributed by atoms with Crippen LogP contribution in [-0.4, -0.2) is 21.8 Å². The van der Waals surface area contributed by atoms with Crippen LogP contribution in [0.1, 0.15) is 22.3 Å². The van der Waals surface area contributed by atoms with Gasteiger partial charge in [-0.25, -0.2) is 4.79 Å². The highest BCUT2D eigenvalue weighted by molar-refractivity contribution is 14.1. The van der Waals surface area contributed by atoms with Crippen molar-refractivity contribution in [2.45, 2.75) is 12.0 Å². The molecule has 2 N–H and O–H groups in total. The predicted octanol–water partition coefficient (Wildman–Crippen LogP) is 6.76. The van der Waals surface area contributed by atoms with Crippen LogP contribution in [0.3, 0.4) is 0 Å². The number of hydrogen-bond donors (Lipinski definition) is 2. The van der Waals surface area contributed by atoms with Gasteiger partial charge in [-0.1, -0.05) is 96.2 Å². The Balaban J connectivity index is 1.64. The number of carboxylic acids is 1. The second-order valence-electron chi connectivity index (χ2n) is 8.39. The molecule has 0 aliphatic rings. The van der Waals surface area contributed by atoms with E-state index in [0.717, 1.165) is 36.7 Å². The lowest BCUT2D eigenvalue weighted by Gasteiger charge is -2.33. The van der Waals surface area contributed by atoms with Crippen molar-refractivity contribution >= 4 is 45.2 Å². The van der Waals surface area contributed by atoms with Crippen LogP contribution in [0.15, 0.2) is 121 Å². The number of hydrogen-bond acceptors (Lipinski definition) is 3. The van der Waals surface area contributed by atoms with Gasteiger partial charge in [-0.05, 0) is 46.4 Å². The quantitative estimate of drug-likeness (QED) is 0.0913. The molecule has 0 bridgehead atoms. The highest BCUT2D eigenvalue weighted by Gasteiger charge is 2.40. The van der Waals surface area contributed by atoms with Crippen molar-refractivity contribution in [3.63, 3.8) is 0 Å². The molecule has 5 nitrogen and oxygen atoms in total. The van der Waals surface area contributed by atoms with Gasteiger partial charge in [-0.2, -0.15) is 0 Å². The third-order valence-corrected chi connectivity index (χ3v) is 6.84. The number of oxime groups is 1. The molecule has 0 saturated heterocycles. The van der Waals surface area contributed by atoms with Crippen LogP contribution in [0, 0.1) is 3.57 Å². The summed E-state index contributed by atoms with van der Waals surface area (Å²) in [6.07, 6.45) is 1.95. The molecular formula is C30H23IN2O3. The highest BCUT2D eigenvalue weighted by Crippen LogP contribution is 2.40. The number of carboxylic acid groups (broad SMARTS) is 1. The van der Waals surface area contributed by atoms with E-state index in [0.29, 0.717) is 0 Å². The molecule has 1 heterocycles. The summed E-state index contributed by atoms with van der Waals surface area (Å²) >= 11 is 2.25. The Labute approximate surface area is 222 Å². The molecule has 0 amide bonds. The molecule has 36 heavy (non-hydrogen) atoms. The number of nitrogens with zero attached hydrogens (tertiary/aromatic N) is 1. The number of aliphatic carboxylic acids is 1. The highest BCUT2D eigenvalue weighted by atomic mass is 127. The standard InChI is InChI=1S/C30H23IN2O3/c31-25-16-17-27-26(19-25)21(20-32-27)18-28(29(34)35)33-36-30(22-10-4-1-5-11-22,23-12-6-2-7-13-23)24-14-8-3-9-15-24/h1-17,19-20,32H,18H2,(H,34,35)/b33-28+. The minimum absolute atomic E-state index is 0.0815. The molecule has 0 fully saturated rings. The maximum atomic E-state index is 12.3. The first-order valence-electron chi connectivity index (χ1n) is 11.5. The first-order valence-corrected chi connectivity index (χ1v) is 12.6. The van der Waals surface area contributed by atoms with E-state index in [1.807, 2.05) is 115 Å². The number of H-pyrrole nitrogens is 1. The van der Waals surface area contributed by atoms with Gasteiger partial charge in [0.15, 0.2) is 5.71 Å². The summed E-state index contributed by atoms with van der Waals surface area (Å²) in [5, 5.41) is 15.4. The third-order valence-electron chi connectivity index (χ3n) is 6.17. The summed E-state index contributed by atoms with van der Waals surface area (Å²) in [4.78, 5) is 21.9. The average Bonchev–Trinajstić information content (AvgIpc) is 3.31. The Hall–Kier alpha value is -3.91. The number of aromatic amines is 1. The zero-order chi connectivity index (χ0) is 25.0. The minimum atomic E-state index is -1.14. The van der Waals surface area contributed by atoms with E-state index in [4.69, 9.17) is 4.84 Å². The summed E-state index contributed by atoms with van der Waals surface area (Å²) in [6.45, 7) is 0. The summed E-state index contributed by atoms with van der Waals surface area (Å²) < 4.78 is 1.07. The fourth-order valence-electron chi connectivity index (χ4n) is 4.42. The van der Waals surface area contributed by atoms with Crippen LogP contribution in [0.5, 0.6) is 0 Å². The van der Waals surface area contributed by atoms with E-state index >= 15 is 0 Å². The second-order valence-corrected chi connectivity index (χ2v) is 9.64. The summed E-state index contributed by atoms with van der Waals surface area (Å²) in [5.74, 6) is -1.13. The van der Waals surface area contributed by atoms with Crippen molar-refractivity contribution < 1.29 is 14.7 Å². The lowest BCUT2D eigenvalue weighted by atomic mass is 9.80. The smallest absolute Gasteiger partial charge is 0.354 e. The van der Waals surface area contributed by atoms with Crippen LogP contribution < -0.4 is 0 Å². The van der Waals surface area contributed by atoms with E-state index in [1.54, 1.807) is 0 Å². The van der Waals surface area contributed by atoms with Gasteiger partial charge in [0.05, 0.1) is 0 Å². The van der Waals surface area contributed by atoms with Crippen molar-refractivity contribution in [2.24, 2.45) is 5.16 Å². The Bertz CT molecular complexity index is 1420. The zero-order valence-electron chi connectivity index (χ0n) is 19.3. The molecule has 178 valence electrons. The Morgan fingerprint density at radius 1 is 0.833 bits per heavy atom. The number of benzene rings is 4. The number of nitrogens with one attached hydrogen (secondary N) is 1. The molecule has 0 aliphatic carbocycles. The Morgan fingerprint density at radius 2 is 1.36 bits per heavy atom. The lowest BCUT2D eigenvalue weighted by Crippen LogP contribution is -2.32. The molecule has 5 aromatic rings. The van der Waals surface area contributed by atoms with Crippen molar-refractivity contribution in [3.8, 4) is 0 Å². The van der Waals surface area contributed by atoms with Gasteiger partial charge in [0.25, 0.3) is 0 Å². The number of rotatable bonds is 8. The van der Waals surface area contributed by atoms with E-state index in [9.17, 15) is 9.90 Å². The van der Waals surface area contributed by atoms with Gasteiger partial charge in [0.2, 0.25) is 5.60 Å². The molecule has 5 rings (SSSR count). The molecule has 1 aromatic heterocycles. The van der Waals surface area contributed by atoms with Crippen LogP contribution in [0.4, 0.5) is 0 Å². The van der Waals surface area contributed by atoms with Crippen molar-refractivity contribution in [2.75, 3.05) is 0 Å². The fourth-order valence-corrected chi connectivity index (χ4v) is 4.92. The number of halogens is 1. The third kappa shape index (κ3) is 4.64. The fraction of sp³-hybridized carbons (Fsp3) is 0.0667. The molecular weight excluding hydrogens is 563 g/mol. The zero-order valence-corrected chi connectivity index (χ0v) is 21.4. The van der Waals surface area contributed by atoms with E-state index in [-0.39, 0.29) is 12.1 Å². The van der Waals surface area contributed by atoms with Crippen molar-refractivity contribution in [1.82, 2.24) is 4.98 Å². The van der Waals surface area contributed by atoms with E-state index < -0.39 is 11.6 Å². The second kappa shape index (κ2) is 10.4. The first-order chi connectivity index (χ1) is 17.6. The summed E-state index contributed by atoms with van der Waals surface area (Å²) in [6, 6.07) is 35.3. The van der Waals surface area contributed by atoms with Gasteiger partial charge >= 0.3 is 5.97 Å². The van der Waals surface area contributed by atoms with Crippen LogP contribution in [0.25, 0.3) is 10.9 Å². The maximum Gasteiger partial charge on any atom is 0.354 e. The monoisotopic (exact) mass is 586 g/mol. The largest absolute Gasteiger partial charge is 0.477 e. The molecule has 6 heteroatoms. The number of fused-ring (bicyclic) bond motifs is 1. The first kappa shape index (κ1) is 23.8. The normalized spacial score (nSPS) is 12.0. The van der Waals surface area contributed by atoms with Gasteiger partial charge in [-0.3, -0.25) is 0 Å². The minimum Gasteiger partial charge on any atom is -0.477 e. The van der Waals surface area contributed by atoms with Crippen LogP contribution >= 0.6 is 22.6 Å². The molecule has 0 unspecified atom stereocenters. The van der Waals surface area contributed by atoms with Crippen LogP contribution in [-0.2, 0) is 21.7 Å². The maximum absolute atomic E-state index is 12.3. The SMILES string of the molecule is O=C(O)/C(Cc1c[nH]c2ccc(I)cc12)=N/OC(c1ccccc1)(c1ccccc1)c1ccccc1. The van der Waals surface area contributed by atoms with Crippen molar-refractivity contribution in [3.05, 3.63) is 141 Å². The number of aromatic nitrogens is 1. The Kier molecular flexibility index (Phi) is 6.86. The molecule has 0 atom stereocenters. The predicted molar refractivity (Wildman–Crippen MR) is 150 cm³/mol. The molecule has 0 saturated carbocycles. The van der Waals surface area contributed by atoms with Gasteiger partial charge in [0.1, 0.15) is 0 Å². The Morgan fingerprint density at radius 3 is 1.86 bits per heavy atom. The van der Waals surface area contributed by atoms with E-state index in [2.05, 4.69) is 32.7 Å². The van der Waals surface area contributed by atoms with E-state index in [1.165, 1.54) is 0 Å². The van der Waals surface area contributed by atoms with Crippen LogP contribution in [0.2, 0.25) is 0 Å². The van der Waals surface area contributed by atoms with Crippen molar-refractivity contribution in [1.29, 1.82) is 0 Å². The summed E-state index contributed by atoms with van der Waals surface area (Å²) in [5.41, 5.74) is 3.11.